The van der Waals surface area contributed by atoms with Gasteiger partial charge in [0.1, 0.15) is 5.69 Å². The minimum atomic E-state index is -0.408. The van der Waals surface area contributed by atoms with Crippen LogP contribution in [0.4, 0.5) is 5.69 Å². The summed E-state index contributed by atoms with van der Waals surface area (Å²) in [6.07, 6.45) is 2.98. The molecule has 0 saturated heterocycles. The van der Waals surface area contributed by atoms with Crippen LogP contribution in [0.5, 0.6) is 0 Å². The van der Waals surface area contributed by atoms with E-state index in [-0.39, 0.29) is 17.3 Å². The topological polar surface area (TPSA) is 99.8 Å². The van der Waals surface area contributed by atoms with Crippen LogP contribution in [0.25, 0.3) is 0 Å². The number of aromatic nitrogens is 3. The number of hydrogen-bond donors (Lipinski definition) is 3. The normalized spacial score (nSPS) is 10.2. The lowest BCUT2D eigenvalue weighted by atomic mass is 10.2. The van der Waals surface area contributed by atoms with Gasteiger partial charge in [0.25, 0.3) is 11.8 Å². The molecule has 0 saturated carbocycles. The highest BCUT2D eigenvalue weighted by Gasteiger charge is 2.17. The summed E-state index contributed by atoms with van der Waals surface area (Å²) in [7, 11) is 0. The van der Waals surface area contributed by atoms with Crippen LogP contribution in [0.15, 0.2) is 60.9 Å². The molecule has 2 amide bonds. The van der Waals surface area contributed by atoms with Crippen LogP contribution in [0, 0.1) is 0 Å². The summed E-state index contributed by atoms with van der Waals surface area (Å²) >= 11 is 0. The van der Waals surface area contributed by atoms with Gasteiger partial charge in [0.05, 0.1) is 5.69 Å². The molecule has 0 aliphatic rings. The number of benzene rings is 1. The Morgan fingerprint density at radius 2 is 1.79 bits per heavy atom. The van der Waals surface area contributed by atoms with Gasteiger partial charge in [-0.2, -0.15) is 5.10 Å². The molecule has 7 heteroatoms. The van der Waals surface area contributed by atoms with Crippen LogP contribution >= 0.6 is 0 Å². The molecule has 2 heterocycles. The molecule has 2 aromatic heterocycles. The van der Waals surface area contributed by atoms with Crippen LogP contribution < -0.4 is 10.6 Å². The number of nitrogens with zero attached hydrogens (tertiary/aromatic N) is 2. The maximum absolute atomic E-state index is 12.3. The molecule has 3 aromatic rings. The average Bonchev–Trinajstić information content (AvgIpc) is 3.09. The molecule has 3 rings (SSSR count). The number of H-pyrrole nitrogens is 1. The highest BCUT2D eigenvalue weighted by atomic mass is 16.2. The fraction of sp³-hybridized carbons (Fsp3) is 0.0588. The van der Waals surface area contributed by atoms with Crippen LogP contribution in [-0.4, -0.2) is 27.0 Å². The number of pyridine rings is 1. The SMILES string of the molecule is O=C(Nc1c[nH]nc1C(=O)NCc1ccccc1)c1ccccn1. The van der Waals surface area contributed by atoms with Crippen molar-refractivity contribution in [2.45, 2.75) is 6.54 Å². The fourth-order valence-corrected chi connectivity index (χ4v) is 2.10. The molecule has 0 unspecified atom stereocenters. The minimum absolute atomic E-state index is 0.121. The van der Waals surface area contributed by atoms with Crippen molar-refractivity contribution in [2.24, 2.45) is 0 Å². The summed E-state index contributed by atoms with van der Waals surface area (Å²) in [5.41, 5.74) is 1.65. The zero-order valence-electron chi connectivity index (χ0n) is 12.7. The van der Waals surface area contributed by atoms with E-state index >= 15 is 0 Å². The maximum atomic E-state index is 12.3. The zero-order valence-corrected chi connectivity index (χ0v) is 12.7. The molecule has 0 bridgehead atoms. The molecule has 0 atom stereocenters. The Balaban J connectivity index is 1.66. The number of amides is 2. The van der Waals surface area contributed by atoms with E-state index in [4.69, 9.17) is 0 Å². The number of rotatable bonds is 5. The lowest BCUT2D eigenvalue weighted by Gasteiger charge is -2.06. The van der Waals surface area contributed by atoms with Crippen LogP contribution in [0.2, 0.25) is 0 Å². The van der Waals surface area contributed by atoms with Gasteiger partial charge in [-0.15, -0.1) is 0 Å². The number of carbonyl (C=O) groups excluding carboxylic acids is 2. The molecule has 0 fully saturated rings. The summed E-state index contributed by atoms with van der Waals surface area (Å²) in [5.74, 6) is -0.787. The van der Waals surface area contributed by atoms with Gasteiger partial charge in [-0.1, -0.05) is 36.4 Å². The highest BCUT2D eigenvalue weighted by Crippen LogP contribution is 2.13. The number of nitrogens with one attached hydrogen (secondary N) is 3. The third kappa shape index (κ3) is 3.64. The van der Waals surface area contributed by atoms with Gasteiger partial charge in [0.15, 0.2) is 5.69 Å². The van der Waals surface area contributed by atoms with Gasteiger partial charge in [-0.05, 0) is 17.7 Å². The summed E-state index contributed by atoms with van der Waals surface area (Å²) in [6.45, 7) is 0.375. The molecule has 0 spiro atoms. The van der Waals surface area contributed by atoms with Gasteiger partial charge in [0.2, 0.25) is 0 Å². The second-order valence-electron chi connectivity index (χ2n) is 4.98. The fourth-order valence-electron chi connectivity index (χ4n) is 2.10. The monoisotopic (exact) mass is 321 g/mol. The Labute approximate surface area is 138 Å². The van der Waals surface area contributed by atoms with Crippen molar-refractivity contribution in [3.05, 3.63) is 77.9 Å². The Morgan fingerprint density at radius 1 is 1.00 bits per heavy atom. The number of aromatic amines is 1. The molecular weight excluding hydrogens is 306 g/mol. The second kappa shape index (κ2) is 7.19. The summed E-state index contributed by atoms with van der Waals surface area (Å²) in [4.78, 5) is 28.3. The van der Waals surface area contributed by atoms with E-state index < -0.39 is 5.91 Å². The molecule has 120 valence electrons. The van der Waals surface area contributed by atoms with Gasteiger partial charge < -0.3 is 10.6 Å². The van der Waals surface area contributed by atoms with E-state index in [1.54, 1.807) is 18.2 Å². The first-order valence-electron chi connectivity index (χ1n) is 7.32. The predicted octanol–water partition coefficient (Wildman–Crippen LogP) is 1.99. The molecule has 0 aliphatic heterocycles. The summed E-state index contributed by atoms with van der Waals surface area (Å²) in [5, 5.41) is 11.9. The van der Waals surface area contributed by atoms with Crippen molar-refractivity contribution in [3.63, 3.8) is 0 Å². The van der Waals surface area contributed by atoms with Crippen molar-refractivity contribution in [2.75, 3.05) is 5.32 Å². The van der Waals surface area contributed by atoms with E-state index in [2.05, 4.69) is 25.8 Å². The van der Waals surface area contributed by atoms with E-state index in [9.17, 15) is 9.59 Å². The molecular formula is C17H15N5O2. The Bertz CT molecular complexity index is 830. The first-order valence-corrected chi connectivity index (χ1v) is 7.32. The van der Waals surface area contributed by atoms with Crippen LogP contribution in [-0.2, 0) is 6.54 Å². The van der Waals surface area contributed by atoms with Crippen molar-refractivity contribution >= 4 is 17.5 Å². The van der Waals surface area contributed by atoms with Gasteiger partial charge in [-0.25, -0.2) is 0 Å². The van der Waals surface area contributed by atoms with Crippen molar-refractivity contribution in [3.8, 4) is 0 Å². The summed E-state index contributed by atoms with van der Waals surface area (Å²) in [6, 6.07) is 14.5. The van der Waals surface area contributed by atoms with E-state index in [0.29, 0.717) is 12.2 Å². The molecule has 7 nitrogen and oxygen atoms in total. The van der Waals surface area contributed by atoms with Crippen molar-refractivity contribution in [1.82, 2.24) is 20.5 Å². The zero-order chi connectivity index (χ0) is 16.8. The molecule has 3 N–H and O–H groups in total. The van der Waals surface area contributed by atoms with Crippen molar-refractivity contribution in [1.29, 1.82) is 0 Å². The smallest absolute Gasteiger partial charge is 0.274 e. The van der Waals surface area contributed by atoms with E-state index in [1.165, 1.54) is 12.4 Å². The van der Waals surface area contributed by atoms with Crippen LogP contribution in [0.1, 0.15) is 26.5 Å². The Hall–Kier alpha value is -3.48. The van der Waals surface area contributed by atoms with Gasteiger partial charge in [-0.3, -0.25) is 19.7 Å². The molecule has 0 aliphatic carbocycles. The maximum Gasteiger partial charge on any atom is 0.274 e. The second-order valence-corrected chi connectivity index (χ2v) is 4.98. The van der Waals surface area contributed by atoms with Crippen molar-refractivity contribution < 1.29 is 9.59 Å². The van der Waals surface area contributed by atoms with Gasteiger partial charge in [0, 0.05) is 18.9 Å². The summed E-state index contributed by atoms with van der Waals surface area (Å²) < 4.78 is 0. The number of carbonyl (C=O) groups is 2. The third-order valence-electron chi connectivity index (χ3n) is 3.30. The highest BCUT2D eigenvalue weighted by molar-refractivity contribution is 6.07. The lowest BCUT2D eigenvalue weighted by Crippen LogP contribution is -2.25. The predicted molar refractivity (Wildman–Crippen MR) is 88.4 cm³/mol. The number of anilines is 1. The standard InChI is InChI=1S/C17H15N5O2/c23-16(13-8-4-5-9-18-13)21-14-11-20-22-15(14)17(24)19-10-12-6-2-1-3-7-12/h1-9,11H,10H2,(H,19,24)(H,20,22)(H,21,23). The quantitative estimate of drug-likeness (QED) is 0.669. The largest absolute Gasteiger partial charge is 0.346 e. The third-order valence-corrected chi connectivity index (χ3v) is 3.30. The molecule has 0 radical (unpaired) electrons. The lowest BCUT2D eigenvalue weighted by molar-refractivity contribution is 0.0947. The number of hydrogen-bond acceptors (Lipinski definition) is 4. The first-order chi connectivity index (χ1) is 11.7. The Morgan fingerprint density at radius 3 is 2.54 bits per heavy atom. The molecule has 24 heavy (non-hydrogen) atoms. The Kier molecular flexibility index (Phi) is 4.62. The first kappa shape index (κ1) is 15.4. The van der Waals surface area contributed by atoms with E-state index in [1.807, 2.05) is 30.3 Å². The average molecular weight is 321 g/mol. The molecule has 1 aromatic carbocycles. The minimum Gasteiger partial charge on any atom is -0.346 e. The van der Waals surface area contributed by atoms with E-state index in [0.717, 1.165) is 5.56 Å². The van der Waals surface area contributed by atoms with Crippen LogP contribution in [0.3, 0.4) is 0 Å². The van der Waals surface area contributed by atoms with Gasteiger partial charge >= 0.3 is 0 Å².